The van der Waals surface area contributed by atoms with Gasteiger partial charge in [-0.15, -0.1) is 0 Å². The van der Waals surface area contributed by atoms with Crippen molar-refractivity contribution in [3.05, 3.63) is 35.4 Å². The summed E-state index contributed by atoms with van der Waals surface area (Å²) in [4.78, 5) is 0. The molecule has 0 aliphatic carbocycles. The molecule has 0 aromatic heterocycles. The maximum Gasteiger partial charge on any atom is 0.416 e. The van der Waals surface area contributed by atoms with Crippen LogP contribution in [0.2, 0.25) is 0 Å². The Bertz CT molecular complexity index is 393. The Morgan fingerprint density at radius 1 is 1.15 bits per heavy atom. The summed E-state index contributed by atoms with van der Waals surface area (Å²) in [6.45, 7) is 2.54. The lowest BCUT2D eigenvalue weighted by atomic mass is 10.0. The average Bonchev–Trinajstić information content (AvgIpc) is 2.41. The first-order valence-electron chi connectivity index (χ1n) is 6.85. The van der Waals surface area contributed by atoms with Crippen LogP contribution in [0.25, 0.3) is 0 Å². The summed E-state index contributed by atoms with van der Waals surface area (Å²) >= 11 is 1.82. The zero-order chi connectivity index (χ0) is 15.0. The number of nitrogens with one attached hydrogen (secondary N) is 1. The van der Waals surface area contributed by atoms with Crippen LogP contribution in [0.5, 0.6) is 0 Å². The average molecular weight is 305 g/mol. The molecule has 5 heteroatoms. The molecule has 0 aliphatic heterocycles. The molecule has 1 aromatic carbocycles. The van der Waals surface area contributed by atoms with E-state index in [0.29, 0.717) is 5.56 Å². The normalized spacial score (nSPS) is 13.4. The van der Waals surface area contributed by atoms with Crippen molar-refractivity contribution in [1.29, 1.82) is 0 Å². The Hall–Kier alpha value is -0.680. The van der Waals surface area contributed by atoms with Crippen LogP contribution in [0.3, 0.4) is 0 Å². The van der Waals surface area contributed by atoms with Gasteiger partial charge < -0.3 is 5.32 Å². The van der Waals surface area contributed by atoms with E-state index >= 15 is 0 Å². The molecule has 1 unspecified atom stereocenters. The second-order valence-electron chi connectivity index (χ2n) is 4.81. The summed E-state index contributed by atoms with van der Waals surface area (Å²) in [6.07, 6.45) is 1.07. The van der Waals surface area contributed by atoms with Gasteiger partial charge in [-0.25, -0.2) is 0 Å². The molecule has 0 radical (unpaired) electrons. The summed E-state index contributed by atoms with van der Waals surface area (Å²) in [5.41, 5.74) is -0.216. The second kappa shape index (κ2) is 8.57. The lowest BCUT2D eigenvalue weighted by Gasteiger charge is -2.19. The second-order valence-corrected chi connectivity index (χ2v) is 5.80. The number of rotatable bonds is 8. The quantitative estimate of drug-likeness (QED) is 0.686. The fraction of sp³-hybridized carbons (Fsp3) is 0.600. The number of alkyl halides is 3. The summed E-state index contributed by atoms with van der Waals surface area (Å²) in [7, 11) is 0. The van der Waals surface area contributed by atoms with Gasteiger partial charge in [-0.05, 0) is 49.9 Å². The van der Waals surface area contributed by atoms with Gasteiger partial charge in [-0.2, -0.15) is 24.9 Å². The number of benzene rings is 1. The van der Waals surface area contributed by atoms with E-state index in [4.69, 9.17) is 0 Å². The molecule has 0 bridgehead atoms. The van der Waals surface area contributed by atoms with Crippen molar-refractivity contribution >= 4 is 11.8 Å². The monoisotopic (exact) mass is 305 g/mol. The minimum Gasteiger partial charge on any atom is -0.310 e. The van der Waals surface area contributed by atoms with Gasteiger partial charge in [0.1, 0.15) is 0 Å². The third-order valence-electron chi connectivity index (χ3n) is 3.21. The highest BCUT2D eigenvalue weighted by Crippen LogP contribution is 2.34. The predicted octanol–water partition coefficient (Wildman–Crippen LogP) is 4.89. The van der Waals surface area contributed by atoms with Gasteiger partial charge >= 0.3 is 6.18 Å². The third-order valence-corrected chi connectivity index (χ3v) is 3.91. The Labute approximate surface area is 123 Å². The smallest absolute Gasteiger partial charge is 0.310 e. The molecule has 20 heavy (non-hydrogen) atoms. The van der Waals surface area contributed by atoms with Crippen molar-refractivity contribution in [2.24, 2.45) is 0 Å². The van der Waals surface area contributed by atoms with Crippen LogP contribution in [-0.2, 0) is 6.18 Å². The molecule has 1 atom stereocenters. The molecule has 1 aromatic rings. The Morgan fingerprint density at radius 2 is 1.85 bits per heavy atom. The lowest BCUT2D eigenvalue weighted by Crippen LogP contribution is -2.23. The summed E-state index contributed by atoms with van der Waals surface area (Å²) in [6, 6.07) is 5.50. The molecule has 0 fully saturated rings. The molecule has 0 amide bonds. The van der Waals surface area contributed by atoms with Crippen LogP contribution in [0.4, 0.5) is 13.2 Å². The Balaban J connectivity index is 2.49. The molecule has 0 saturated heterocycles. The van der Waals surface area contributed by atoms with E-state index in [2.05, 4.69) is 11.6 Å². The van der Waals surface area contributed by atoms with Gasteiger partial charge in [0, 0.05) is 6.04 Å². The first-order valence-corrected chi connectivity index (χ1v) is 8.24. The number of hydrogen-bond acceptors (Lipinski definition) is 2. The highest BCUT2D eigenvalue weighted by Gasteiger charge is 2.33. The van der Waals surface area contributed by atoms with Crippen molar-refractivity contribution in [2.75, 3.05) is 18.6 Å². The third kappa shape index (κ3) is 5.75. The SMILES string of the molecule is CSCCCCCNC(C)c1ccccc1C(F)(F)F. The maximum absolute atomic E-state index is 12.9. The van der Waals surface area contributed by atoms with E-state index in [1.165, 1.54) is 6.07 Å². The Kier molecular flexibility index (Phi) is 7.45. The predicted molar refractivity (Wildman–Crippen MR) is 80.1 cm³/mol. The van der Waals surface area contributed by atoms with Crippen LogP contribution in [-0.4, -0.2) is 18.6 Å². The summed E-state index contributed by atoms with van der Waals surface area (Å²) in [5, 5.41) is 3.18. The van der Waals surface area contributed by atoms with Gasteiger partial charge in [-0.3, -0.25) is 0 Å². The first kappa shape index (κ1) is 17.4. The van der Waals surface area contributed by atoms with Crippen molar-refractivity contribution in [3.63, 3.8) is 0 Å². The van der Waals surface area contributed by atoms with Crippen molar-refractivity contribution in [3.8, 4) is 0 Å². The molecular formula is C15H22F3NS. The maximum atomic E-state index is 12.9. The fourth-order valence-electron chi connectivity index (χ4n) is 2.11. The van der Waals surface area contributed by atoms with Gasteiger partial charge in [0.15, 0.2) is 0 Å². The first-order chi connectivity index (χ1) is 9.46. The highest BCUT2D eigenvalue weighted by atomic mass is 32.2. The van der Waals surface area contributed by atoms with Crippen molar-refractivity contribution < 1.29 is 13.2 Å². The zero-order valence-electron chi connectivity index (χ0n) is 12.0. The van der Waals surface area contributed by atoms with Crippen LogP contribution in [0.15, 0.2) is 24.3 Å². The standard InChI is InChI=1S/C15H22F3NS/c1-12(19-10-6-3-7-11-20-2)13-8-4-5-9-14(13)15(16,17)18/h4-5,8-9,12,19H,3,6-7,10-11H2,1-2H3. The number of hydrogen-bond donors (Lipinski definition) is 1. The molecule has 0 heterocycles. The van der Waals surface area contributed by atoms with Crippen molar-refractivity contribution in [1.82, 2.24) is 5.32 Å². The molecule has 0 aliphatic rings. The molecule has 0 saturated carbocycles. The van der Waals surface area contributed by atoms with Gasteiger partial charge in [0.05, 0.1) is 5.56 Å². The van der Waals surface area contributed by atoms with E-state index in [1.807, 2.05) is 11.8 Å². The molecule has 1 rings (SSSR count). The lowest BCUT2D eigenvalue weighted by molar-refractivity contribution is -0.138. The van der Waals surface area contributed by atoms with Crippen LogP contribution < -0.4 is 5.32 Å². The van der Waals surface area contributed by atoms with E-state index in [9.17, 15) is 13.2 Å². The van der Waals surface area contributed by atoms with Gasteiger partial charge in [0.2, 0.25) is 0 Å². The molecule has 114 valence electrons. The minimum absolute atomic E-state index is 0.284. The van der Waals surface area contributed by atoms with Crippen molar-refractivity contribution in [2.45, 2.75) is 38.4 Å². The highest BCUT2D eigenvalue weighted by molar-refractivity contribution is 7.98. The van der Waals surface area contributed by atoms with Crippen LogP contribution in [0, 0.1) is 0 Å². The topological polar surface area (TPSA) is 12.0 Å². The molecular weight excluding hydrogens is 283 g/mol. The number of thioether (sulfide) groups is 1. The Morgan fingerprint density at radius 3 is 2.50 bits per heavy atom. The molecule has 0 spiro atoms. The number of halogens is 3. The van der Waals surface area contributed by atoms with Crippen LogP contribution >= 0.6 is 11.8 Å². The van der Waals surface area contributed by atoms with Gasteiger partial charge in [0.25, 0.3) is 0 Å². The molecule has 1 nitrogen and oxygen atoms in total. The largest absolute Gasteiger partial charge is 0.416 e. The summed E-state index contributed by atoms with van der Waals surface area (Å²) in [5.74, 6) is 1.15. The summed E-state index contributed by atoms with van der Waals surface area (Å²) < 4.78 is 38.7. The van der Waals surface area contributed by atoms with E-state index in [1.54, 1.807) is 19.1 Å². The molecule has 1 N–H and O–H groups in total. The van der Waals surface area contributed by atoms with E-state index in [-0.39, 0.29) is 6.04 Å². The van der Waals surface area contributed by atoms with Crippen LogP contribution in [0.1, 0.15) is 43.4 Å². The van der Waals surface area contributed by atoms with E-state index < -0.39 is 11.7 Å². The van der Waals surface area contributed by atoms with Gasteiger partial charge in [-0.1, -0.05) is 24.6 Å². The minimum atomic E-state index is -4.29. The zero-order valence-corrected chi connectivity index (χ0v) is 12.8. The van der Waals surface area contributed by atoms with E-state index in [0.717, 1.165) is 37.6 Å². The number of unbranched alkanes of at least 4 members (excludes halogenated alkanes) is 2. The fourth-order valence-corrected chi connectivity index (χ4v) is 2.60.